The molecule has 0 radical (unpaired) electrons. The normalized spacial score (nSPS) is 13.3. The van der Waals surface area contributed by atoms with Crippen molar-refractivity contribution in [1.29, 1.82) is 5.26 Å². The van der Waals surface area contributed by atoms with E-state index >= 15 is 0 Å². The highest BCUT2D eigenvalue weighted by Gasteiger charge is 2.18. The fourth-order valence-corrected chi connectivity index (χ4v) is 3.94. The lowest BCUT2D eigenvalue weighted by Crippen LogP contribution is -2.34. The third-order valence-corrected chi connectivity index (χ3v) is 6.10. The Balaban J connectivity index is 1.50. The number of aromatic nitrogens is 3. The van der Waals surface area contributed by atoms with Gasteiger partial charge in [-0.05, 0) is 30.3 Å². The van der Waals surface area contributed by atoms with Crippen LogP contribution in [0.25, 0.3) is 11.3 Å². The van der Waals surface area contributed by atoms with E-state index in [2.05, 4.69) is 26.3 Å². The molecule has 0 aliphatic carbocycles. The van der Waals surface area contributed by atoms with Gasteiger partial charge in [0.05, 0.1) is 38.1 Å². The Bertz CT molecular complexity index is 1320. The smallest absolute Gasteiger partial charge is 0.241 e. The summed E-state index contributed by atoms with van der Waals surface area (Å²) in [5.41, 5.74) is 2.53. The van der Waals surface area contributed by atoms with Crippen LogP contribution in [0.4, 0.5) is 17.3 Å². The lowest BCUT2D eigenvalue weighted by atomic mass is 10.1. The van der Waals surface area contributed by atoms with Gasteiger partial charge >= 0.3 is 0 Å². The molecule has 1 amide bonds. The monoisotopic (exact) mass is 517 g/mol. The molecule has 1 N–H and O–H groups in total. The molecule has 198 valence electrons. The molecule has 1 fully saturated rings. The average Bonchev–Trinajstić information content (AvgIpc) is 2.93. The molecular weight excluding hydrogens is 486 g/mol. The quantitative estimate of drug-likeness (QED) is 0.452. The minimum atomic E-state index is -0.0343. The highest BCUT2D eigenvalue weighted by Crippen LogP contribution is 2.30. The Morgan fingerprint density at radius 2 is 1.92 bits per heavy atom. The molecule has 0 spiro atoms. The molecule has 0 saturated carbocycles. The molecule has 1 aliphatic heterocycles. The van der Waals surface area contributed by atoms with E-state index in [1.807, 2.05) is 12.1 Å². The third-order valence-electron chi connectivity index (χ3n) is 6.10. The summed E-state index contributed by atoms with van der Waals surface area (Å²) in [5.74, 6) is 1.93. The molecule has 3 heterocycles. The van der Waals surface area contributed by atoms with Crippen molar-refractivity contribution in [3.63, 3.8) is 0 Å². The van der Waals surface area contributed by atoms with Gasteiger partial charge in [-0.25, -0.2) is 9.97 Å². The predicted octanol–water partition coefficient (Wildman–Crippen LogP) is 3.24. The van der Waals surface area contributed by atoms with E-state index in [-0.39, 0.29) is 18.6 Å². The maximum Gasteiger partial charge on any atom is 0.241 e. The number of nitrogens with one attached hydrogen (secondary N) is 1. The van der Waals surface area contributed by atoms with E-state index in [1.165, 1.54) is 18.3 Å². The van der Waals surface area contributed by atoms with E-state index in [1.54, 1.807) is 50.3 Å². The summed E-state index contributed by atoms with van der Waals surface area (Å²) in [4.78, 5) is 28.6. The Kier molecular flexibility index (Phi) is 8.55. The van der Waals surface area contributed by atoms with E-state index in [4.69, 9.17) is 14.2 Å². The van der Waals surface area contributed by atoms with Crippen LogP contribution in [0.3, 0.4) is 0 Å². The predicted molar refractivity (Wildman–Crippen MR) is 143 cm³/mol. The molecule has 38 heavy (non-hydrogen) atoms. The van der Waals surface area contributed by atoms with Gasteiger partial charge in [0, 0.05) is 45.6 Å². The van der Waals surface area contributed by atoms with E-state index in [9.17, 15) is 10.1 Å². The van der Waals surface area contributed by atoms with Gasteiger partial charge < -0.3 is 29.3 Å². The summed E-state index contributed by atoms with van der Waals surface area (Å²) < 4.78 is 16.9. The van der Waals surface area contributed by atoms with Crippen LogP contribution in [0.1, 0.15) is 18.4 Å². The Hall–Kier alpha value is -4.43. The van der Waals surface area contributed by atoms with E-state index < -0.39 is 0 Å². The number of hydrogen-bond donors (Lipinski definition) is 1. The molecule has 0 atom stereocenters. The van der Waals surface area contributed by atoms with Gasteiger partial charge in [0.15, 0.2) is 0 Å². The molecule has 0 bridgehead atoms. The first-order chi connectivity index (χ1) is 18.4. The summed E-state index contributed by atoms with van der Waals surface area (Å²) in [6, 6.07) is 13.1. The summed E-state index contributed by atoms with van der Waals surface area (Å²) in [6.45, 7) is 1.52. The van der Waals surface area contributed by atoms with E-state index in [0.29, 0.717) is 53.4 Å². The molecule has 11 nitrogen and oxygen atoms in total. The minimum Gasteiger partial charge on any atom is -0.489 e. The fraction of sp³-hybridized carbons (Fsp3) is 0.370. The number of ether oxygens (including phenoxy) is 3. The lowest BCUT2D eigenvalue weighted by Gasteiger charge is -2.23. The number of hydrogen-bond acceptors (Lipinski definition) is 10. The number of pyridine rings is 1. The number of amides is 1. The number of benzene rings is 1. The Morgan fingerprint density at radius 3 is 2.63 bits per heavy atom. The summed E-state index contributed by atoms with van der Waals surface area (Å²) in [6.07, 6.45) is 3.10. The van der Waals surface area contributed by atoms with Gasteiger partial charge in [0.1, 0.15) is 41.6 Å². The number of methoxy groups -OCH3 is 1. The number of nitrogens with zero attached hydrogens (tertiary/aromatic N) is 6. The highest BCUT2D eigenvalue weighted by molar-refractivity contribution is 5.81. The molecule has 0 unspecified atom stereocenters. The molecule has 1 aliphatic rings. The Morgan fingerprint density at radius 1 is 1.13 bits per heavy atom. The van der Waals surface area contributed by atoms with Gasteiger partial charge in [0.25, 0.3) is 0 Å². The topological polar surface area (TPSA) is 126 Å². The number of rotatable bonds is 9. The van der Waals surface area contributed by atoms with Gasteiger partial charge in [-0.2, -0.15) is 10.2 Å². The highest BCUT2D eigenvalue weighted by atomic mass is 16.5. The van der Waals surface area contributed by atoms with Crippen LogP contribution in [-0.2, 0) is 9.53 Å². The number of likely N-dealkylation sites (N-methyl/N-ethyl adjacent to an activating group) is 2. The largest absolute Gasteiger partial charge is 0.489 e. The van der Waals surface area contributed by atoms with Crippen LogP contribution >= 0.6 is 0 Å². The fourth-order valence-electron chi connectivity index (χ4n) is 3.94. The first-order valence-corrected chi connectivity index (χ1v) is 12.2. The maximum atomic E-state index is 12.1. The number of carbonyl (C=O) groups excluding carboxylic acids is 1. The van der Waals surface area contributed by atoms with Crippen molar-refractivity contribution in [2.24, 2.45) is 0 Å². The standard InChI is InChI=1S/C27H31N7O4/c1-33(2)26(35)16-34(3)22-6-8-24(32-27(22)36-4)31-25-14-21(29-17-30-25)18-5-7-23(19(13-18)15-28)38-20-9-11-37-12-10-20/h5-8,13-14,17,20H,9-12,16H2,1-4H3,(H,29,30,31,32). The third kappa shape index (κ3) is 6.46. The van der Waals surface area contributed by atoms with Crippen molar-refractivity contribution in [1.82, 2.24) is 19.9 Å². The van der Waals surface area contributed by atoms with Crippen LogP contribution in [0, 0.1) is 11.3 Å². The summed E-state index contributed by atoms with van der Waals surface area (Å²) >= 11 is 0. The van der Waals surface area contributed by atoms with Gasteiger partial charge in [-0.3, -0.25) is 4.79 Å². The number of anilines is 3. The van der Waals surface area contributed by atoms with Gasteiger partial charge in [-0.1, -0.05) is 0 Å². The van der Waals surface area contributed by atoms with Crippen LogP contribution < -0.4 is 19.7 Å². The average molecular weight is 518 g/mol. The molecule has 2 aromatic heterocycles. The number of nitriles is 1. The van der Waals surface area contributed by atoms with Crippen molar-refractivity contribution < 1.29 is 19.0 Å². The molecule has 4 rings (SSSR count). The minimum absolute atomic E-state index is 0.0343. The van der Waals surface area contributed by atoms with Crippen molar-refractivity contribution in [2.45, 2.75) is 18.9 Å². The van der Waals surface area contributed by atoms with Crippen LogP contribution in [0.5, 0.6) is 11.6 Å². The van der Waals surface area contributed by atoms with Crippen molar-refractivity contribution in [3.05, 3.63) is 48.3 Å². The summed E-state index contributed by atoms with van der Waals surface area (Å²) in [7, 11) is 6.76. The van der Waals surface area contributed by atoms with Crippen LogP contribution in [0.15, 0.2) is 42.7 Å². The molecule has 1 saturated heterocycles. The van der Waals surface area contributed by atoms with Crippen molar-refractivity contribution in [3.8, 4) is 29.0 Å². The molecular formula is C27H31N7O4. The van der Waals surface area contributed by atoms with E-state index in [0.717, 1.165) is 18.4 Å². The second-order valence-electron chi connectivity index (χ2n) is 9.03. The van der Waals surface area contributed by atoms with Crippen molar-refractivity contribution >= 4 is 23.2 Å². The van der Waals surface area contributed by atoms with Gasteiger partial charge in [0.2, 0.25) is 11.8 Å². The van der Waals surface area contributed by atoms with Crippen LogP contribution in [-0.4, -0.2) is 79.9 Å². The maximum absolute atomic E-state index is 12.1. The first-order valence-electron chi connectivity index (χ1n) is 12.2. The first kappa shape index (κ1) is 26.6. The number of carbonyl (C=O) groups is 1. The molecule has 1 aromatic carbocycles. The summed E-state index contributed by atoms with van der Waals surface area (Å²) in [5, 5.41) is 12.9. The SMILES string of the molecule is COc1nc(Nc2cc(-c3ccc(OC4CCOCC4)c(C#N)c3)ncn2)ccc1N(C)CC(=O)N(C)C. The zero-order valence-corrected chi connectivity index (χ0v) is 22.0. The Labute approximate surface area is 222 Å². The van der Waals surface area contributed by atoms with Crippen molar-refractivity contribution in [2.75, 3.05) is 58.2 Å². The zero-order chi connectivity index (χ0) is 27.1. The lowest BCUT2D eigenvalue weighted by molar-refractivity contribution is -0.127. The second-order valence-corrected chi connectivity index (χ2v) is 9.03. The molecule has 11 heteroatoms. The molecule has 3 aromatic rings. The second kappa shape index (κ2) is 12.2. The zero-order valence-electron chi connectivity index (χ0n) is 22.0. The van der Waals surface area contributed by atoms with Crippen LogP contribution in [0.2, 0.25) is 0 Å². The van der Waals surface area contributed by atoms with Gasteiger partial charge in [-0.15, -0.1) is 0 Å².